The first kappa shape index (κ1) is 20.6. The van der Waals surface area contributed by atoms with Crippen molar-refractivity contribution in [2.45, 2.75) is 17.1 Å². The summed E-state index contributed by atoms with van der Waals surface area (Å²) in [5.41, 5.74) is 2.60. The van der Waals surface area contributed by atoms with Crippen LogP contribution in [0.4, 0.5) is 17.1 Å². The van der Waals surface area contributed by atoms with Gasteiger partial charge >= 0.3 is 0 Å². The molecule has 0 aliphatic carbocycles. The molecule has 1 unspecified atom stereocenters. The molecule has 0 radical (unpaired) electrons. The van der Waals surface area contributed by atoms with Crippen molar-refractivity contribution in [3.05, 3.63) is 72.1 Å². The molecule has 2 aromatic carbocycles. The highest BCUT2D eigenvalue weighted by Gasteiger charge is 2.33. The van der Waals surface area contributed by atoms with Crippen molar-refractivity contribution in [1.29, 1.82) is 0 Å². The van der Waals surface area contributed by atoms with Crippen LogP contribution in [0.1, 0.15) is 12.8 Å². The van der Waals surface area contributed by atoms with E-state index in [1.807, 2.05) is 54.6 Å². The van der Waals surface area contributed by atoms with Gasteiger partial charge in [0, 0.05) is 30.2 Å². The van der Waals surface area contributed by atoms with Gasteiger partial charge in [0.25, 0.3) is 10.0 Å². The Morgan fingerprint density at radius 3 is 2.33 bits per heavy atom. The minimum atomic E-state index is -3.53. The van der Waals surface area contributed by atoms with Crippen LogP contribution in [0.15, 0.2) is 76.3 Å². The van der Waals surface area contributed by atoms with Gasteiger partial charge in [0.1, 0.15) is 4.21 Å². The predicted molar refractivity (Wildman–Crippen MR) is 121 cm³/mol. The lowest BCUT2D eigenvalue weighted by Gasteiger charge is -2.30. The van der Waals surface area contributed by atoms with E-state index >= 15 is 0 Å². The van der Waals surface area contributed by atoms with Crippen LogP contribution in [0.25, 0.3) is 0 Å². The lowest BCUT2D eigenvalue weighted by Crippen LogP contribution is -2.43. The van der Waals surface area contributed by atoms with Crippen molar-refractivity contribution in [3.8, 4) is 0 Å². The number of benzene rings is 2. The number of thiophene rings is 1. The van der Waals surface area contributed by atoms with Gasteiger partial charge in [-0.1, -0.05) is 24.3 Å². The summed E-state index contributed by atoms with van der Waals surface area (Å²) < 4.78 is 27.3. The number of carbonyl (C=O) groups excluding carboxylic acids is 1. The smallest absolute Gasteiger partial charge is 0.252 e. The summed E-state index contributed by atoms with van der Waals surface area (Å²) in [6, 6.07) is 20.7. The Morgan fingerprint density at radius 2 is 1.63 bits per heavy atom. The summed E-state index contributed by atoms with van der Waals surface area (Å²) >= 11 is 1.20. The second kappa shape index (κ2) is 8.99. The van der Waals surface area contributed by atoms with Gasteiger partial charge in [-0.2, -0.15) is 4.31 Å². The molecule has 2 heterocycles. The third-order valence-corrected chi connectivity index (χ3v) is 8.30. The Labute approximate surface area is 180 Å². The zero-order valence-electron chi connectivity index (χ0n) is 16.3. The van der Waals surface area contributed by atoms with Crippen LogP contribution in [0, 0.1) is 5.92 Å². The van der Waals surface area contributed by atoms with E-state index in [0.717, 1.165) is 11.4 Å². The molecule has 30 heavy (non-hydrogen) atoms. The van der Waals surface area contributed by atoms with E-state index in [0.29, 0.717) is 29.3 Å². The lowest BCUT2D eigenvalue weighted by molar-refractivity contribution is -0.120. The summed E-state index contributed by atoms with van der Waals surface area (Å²) in [6.07, 6.45) is 1.35. The first-order chi connectivity index (χ1) is 14.5. The number of amides is 1. The number of piperidine rings is 1. The molecule has 0 saturated carbocycles. The van der Waals surface area contributed by atoms with Crippen molar-refractivity contribution in [2.24, 2.45) is 5.92 Å². The highest BCUT2D eigenvalue weighted by Crippen LogP contribution is 2.27. The fourth-order valence-corrected chi connectivity index (χ4v) is 6.15. The third kappa shape index (κ3) is 4.72. The fraction of sp³-hybridized carbons (Fsp3) is 0.227. The quantitative estimate of drug-likeness (QED) is 0.589. The first-order valence-corrected chi connectivity index (χ1v) is 12.1. The van der Waals surface area contributed by atoms with E-state index in [4.69, 9.17) is 0 Å². The molecular weight excluding hydrogens is 418 g/mol. The molecule has 2 N–H and O–H groups in total. The molecule has 0 bridgehead atoms. The normalized spacial score (nSPS) is 17.4. The number of para-hydroxylation sites is 1. The number of anilines is 3. The number of sulfonamides is 1. The summed E-state index contributed by atoms with van der Waals surface area (Å²) in [5, 5.41) is 7.97. The number of carbonyl (C=O) groups is 1. The van der Waals surface area contributed by atoms with Crippen LogP contribution in [0.5, 0.6) is 0 Å². The number of nitrogens with zero attached hydrogens (tertiary/aromatic N) is 1. The van der Waals surface area contributed by atoms with Crippen molar-refractivity contribution >= 4 is 44.3 Å². The molecule has 1 amide bonds. The highest BCUT2D eigenvalue weighted by molar-refractivity contribution is 7.91. The fourth-order valence-electron chi connectivity index (χ4n) is 3.48. The first-order valence-electron chi connectivity index (χ1n) is 9.79. The molecule has 1 saturated heterocycles. The Hall–Kier alpha value is -2.68. The molecule has 8 heteroatoms. The Morgan fingerprint density at radius 1 is 0.933 bits per heavy atom. The number of hydrogen-bond donors (Lipinski definition) is 2. The topological polar surface area (TPSA) is 78.5 Å². The van der Waals surface area contributed by atoms with E-state index in [-0.39, 0.29) is 18.4 Å². The Kier molecular flexibility index (Phi) is 6.17. The lowest BCUT2D eigenvalue weighted by atomic mass is 9.98. The van der Waals surface area contributed by atoms with E-state index in [1.54, 1.807) is 17.5 Å². The number of hydrogen-bond acceptors (Lipinski definition) is 5. The third-order valence-electron chi connectivity index (χ3n) is 5.06. The summed E-state index contributed by atoms with van der Waals surface area (Å²) in [5.74, 6) is -0.513. The van der Waals surface area contributed by atoms with Gasteiger partial charge in [0.15, 0.2) is 0 Å². The van der Waals surface area contributed by atoms with Gasteiger partial charge in [-0.05, 0) is 60.7 Å². The van der Waals surface area contributed by atoms with Gasteiger partial charge in [0.05, 0.1) is 5.92 Å². The maximum atomic E-state index is 12.8. The average Bonchev–Trinajstić information content (AvgIpc) is 3.32. The molecule has 0 spiro atoms. The molecule has 1 aromatic heterocycles. The molecule has 3 aromatic rings. The molecule has 1 aliphatic rings. The highest BCUT2D eigenvalue weighted by atomic mass is 32.2. The number of nitrogens with one attached hydrogen (secondary N) is 2. The predicted octanol–water partition coefficient (Wildman–Crippen LogP) is 4.53. The van der Waals surface area contributed by atoms with Gasteiger partial charge < -0.3 is 10.6 Å². The Bertz CT molecular complexity index is 1080. The molecule has 1 fully saturated rings. The zero-order chi connectivity index (χ0) is 21.0. The summed E-state index contributed by atoms with van der Waals surface area (Å²) in [6.45, 7) is 0.656. The second-order valence-corrected chi connectivity index (χ2v) is 10.3. The molecule has 1 atom stereocenters. The monoisotopic (exact) mass is 441 g/mol. The largest absolute Gasteiger partial charge is 0.356 e. The maximum absolute atomic E-state index is 12.8. The molecule has 4 rings (SSSR count). The van der Waals surface area contributed by atoms with E-state index in [9.17, 15) is 13.2 Å². The van der Waals surface area contributed by atoms with Gasteiger partial charge in [-0.3, -0.25) is 4.79 Å². The molecular formula is C22H23N3O3S2. The van der Waals surface area contributed by atoms with Crippen LogP contribution < -0.4 is 10.6 Å². The standard InChI is InChI=1S/C22H23N3O3S2/c26-22(17-6-4-14-25(16-17)30(27,28)21-9-5-15-29-21)24-20-12-10-19(11-13-20)23-18-7-2-1-3-8-18/h1-3,5,7-13,15,17,23H,4,6,14,16H2,(H,24,26). The minimum Gasteiger partial charge on any atom is -0.356 e. The summed E-state index contributed by atoms with van der Waals surface area (Å²) in [4.78, 5) is 12.8. The Balaban J connectivity index is 1.37. The molecule has 156 valence electrons. The SMILES string of the molecule is O=C(Nc1ccc(Nc2ccccc2)cc1)C1CCCN(S(=O)(=O)c2cccs2)C1. The van der Waals surface area contributed by atoms with Crippen LogP contribution in [-0.4, -0.2) is 31.7 Å². The van der Waals surface area contributed by atoms with Crippen LogP contribution >= 0.6 is 11.3 Å². The van der Waals surface area contributed by atoms with Crippen LogP contribution in [0.2, 0.25) is 0 Å². The van der Waals surface area contributed by atoms with Crippen LogP contribution in [-0.2, 0) is 14.8 Å². The van der Waals surface area contributed by atoms with Gasteiger partial charge in [0.2, 0.25) is 5.91 Å². The maximum Gasteiger partial charge on any atom is 0.252 e. The van der Waals surface area contributed by atoms with Crippen LogP contribution in [0.3, 0.4) is 0 Å². The molecule has 1 aliphatic heterocycles. The van der Waals surface area contributed by atoms with Crippen molar-refractivity contribution in [2.75, 3.05) is 23.7 Å². The van der Waals surface area contributed by atoms with Crippen molar-refractivity contribution in [1.82, 2.24) is 4.31 Å². The van der Waals surface area contributed by atoms with Gasteiger partial charge in [-0.15, -0.1) is 11.3 Å². The minimum absolute atomic E-state index is 0.148. The van der Waals surface area contributed by atoms with E-state index in [1.165, 1.54) is 15.6 Å². The summed E-state index contributed by atoms with van der Waals surface area (Å²) in [7, 11) is -3.53. The van der Waals surface area contributed by atoms with E-state index < -0.39 is 10.0 Å². The zero-order valence-corrected chi connectivity index (χ0v) is 18.0. The number of rotatable bonds is 6. The average molecular weight is 442 g/mol. The van der Waals surface area contributed by atoms with Gasteiger partial charge in [-0.25, -0.2) is 8.42 Å². The second-order valence-electron chi connectivity index (χ2n) is 7.19. The molecule has 6 nitrogen and oxygen atoms in total. The van der Waals surface area contributed by atoms with E-state index in [2.05, 4.69) is 10.6 Å². The van der Waals surface area contributed by atoms with Crippen molar-refractivity contribution in [3.63, 3.8) is 0 Å². The van der Waals surface area contributed by atoms with Crippen molar-refractivity contribution < 1.29 is 13.2 Å².